The van der Waals surface area contributed by atoms with Crippen molar-refractivity contribution in [2.24, 2.45) is 0 Å². The standard InChI is InChI=1S/C24H23N3O3S/c28-24(25-14-13-20-17-26-23-12-5-4-11-22(20)23)19-9-6-10-21(15-19)31(29,30)27-16-18-7-2-1-3-8-18/h1-12,15,17,26-27H,13-14,16H2,(H,25,28). The van der Waals surface area contributed by atoms with E-state index in [2.05, 4.69) is 15.0 Å². The van der Waals surface area contributed by atoms with Crippen LogP contribution in [0, 0.1) is 0 Å². The number of fused-ring (bicyclic) bond motifs is 1. The van der Waals surface area contributed by atoms with Gasteiger partial charge in [0.1, 0.15) is 0 Å². The van der Waals surface area contributed by atoms with Crippen LogP contribution in [0.5, 0.6) is 0 Å². The normalized spacial score (nSPS) is 11.5. The summed E-state index contributed by atoms with van der Waals surface area (Å²) in [6, 6.07) is 23.3. The van der Waals surface area contributed by atoms with Gasteiger partial charge in [-0.05, 0) is 41.8 Å². The van der Waals surface area contributed by atoms with Gasteiger partial charge in [0.25, 0.3) is 5.91 Å². The summed E-state index contributed by atoms with van der Waals surface area (Å²) in [4.78, 5) is 15.8. The zero-order valence-corrected chi connectivity index (χ0v) is 17.7. The van der Waals surface area contributed by atoms with Crippen LogP contribution in [0.25, 0.3) is 10.9 Å². The first-order chi connectivity index (χ1) is 15.0. The quantitative estimate of drug-likeness (QED) is 0.396. The molecule has 0 spiro atoms. The number of hydrogen-bond acceptors (Lipinski definition) is 3. The number of amides is 1. The fraction of sp³-hybridized carbons (Fsp3) is 0.125. The van der Waals surface area contributed by atoms with Crippen molar-refractivity contribution in [1.82, 2.24) is 15.0 Å². The fourth-order valence-electron chi connectivity index (χ4n) is 3.41. The molecule has 4 rings (SSSR count). The number of carbonyl (C=O) groups is 1. The van der Waals surface area contributed by atoms with Crippen molar-refractivity contribution in [1.29, 1.82) is 0 Å². The van der Waals surface area contributed by atoms with Gasteiger partial charge < -0.3 is 10.3 Å². The lowest BCUT2D eigenvalue weighted by atomic mass is 10.1. The van der Waals surface area contributed by atoms with Crippen LogP contribution >= 0.6 is 0 Å². The van der Waals surface area contributed by atoms with Gasteiger partial charge in [0.05, 0.1) is 4.90 Å². The Hall–Kier alpha value is -3.42. The average Bonchev–Trinajstić information content (AvgIpc) is 3.22. The fourth-order valence-corrected chi connectivity index (χ4v) is 4.48. The summed E-state index contributed by atoms with van der Waals surface area (Å²) < 4.78 is 27.8. The molecule has 158 valence electrons. The van der Waals surface area contributed by atoms with Crippen LogP contribution in [-0.2, 0) is 23.0 Å². The maximum atomic E-state index is 12.6. The van der Waals surface area contributed by atoms with Gasteiger partial charge in [-0.15, -0.1) is 0 Å². The van der Waals surface area contributed by atoms with E-state index in [-0.39, 0.29) is 17.3 Å². The van der Waals surface area contributed by atoms with Crippen LogP contribution in [0.2, 0.25) is 0 Å². The molecule has 31 heavy (non-hydrogen) atoms. The second kappa shape index (κ2) is 9.16. The molecule has 0 aliphatic heterocycles. The highest BCUT2D eigenvalue weighted by Crippen LogP contribution is 2.18. The lowest BCUT2D eigenvalue weighted by Crippen LogP contribution is -2.27. The first kappa shape index (κ1) is 20.8. The maximum absolute atomic E-state index is 12.6. The van der Waals surface area contributed by atoms with Gasteiger partial charge >= 0.3 is 0 Å². The number of rotatable bonds is 8. The molecule has 0 aliphatic rings. The smallest absolute Gasteiger partial charge is 0.251 e. The van der Waals surface area contributed by atoms with Gasteiger partial charge in [-0.3, -0.25) is 4.79 Å². The van der Waals surface area contributed by atoms with Crippen LogP contribution in [0.15, 0.2) is 90.0 Å². The molecular formula is C24H23N3O3S. The molecule has 0 unspecified atom stereocenters. The Morgan fingerprint density at radius 1 is 0.903 bits per heavy atom. The van der Waals surface area contributed by atoms with Crippen molar-refractivity contribution in [3.05, 3.63) is 102 Å². The Labute approximate surface area is 181 Å². The third-order valence-electron chi connectivity index (χ3n) is 5.07. The van der Waals surface area contributed by atoms with Gasteiger partial charge in [0.2, 0.25) is 10.0 Å². The third-order valence-corrected chi connectivity index (χ3v) is 6.47. The van der Waals surface area contributed by atoms with Crippen LogP contribution in [0.3, 0.4) is 0 Å². The van der Waals surface area contributed by atoms with E-state index in [4.69, 9.17) is 0 Å². The van der Waals surface area contributed by atoms with Crippen LogP contribution in [0.4, 0.5) is 0 Å². The van der Waals surface area contributed by atoms with Crippen molar-refractivity contribution in [2.75, 3.05) is 6.54 Å². The molecule has 1 aromatic heterocycles. The van der Waals surface area contributed by atoms with Crippen molar-refractivity contribution in [3.8, 4) is 0 Å². The molecule has 0 aliphatic carbocycles. The highest BCUT2D eigenvalue weighted by atomic mass is 32.2. The van der Waals surface area contributed by atoms with Gasteiger partial charge in [-0.25, -0.2) is 13.1 Å². The second-order valence-corrected chi connectivity index (χ2v) is 8.97. The van der Waals surface area contributed by atoms with E-state index in [1.807, 2.05) is 60.8 Å². The molecule has 6 nitrogen and oxygen atoms in total. The van der Waals surface area contributed by atoms with Gasteiger partial charge in [-0.1, -0.05) is 54.6 Å². The minimum Gasteiger partial charge on any atom is -0.361 e. The first-order valence-electron chi connectivity index (χ1n) is 10.00. The number of H-pyrrole nitrogens is 1. The van der Waals surface area contributed by atoms with Crippen molar-refractivity contribution in [3.63, 3.8) is 0 Å². The molecule has 0 atom stereocenters. The van der Waals surface area contributed by atoms with Gasteiger partial charge in [0, 0.05) is 35.8 Å². The molecule has 1 amide bonds. The van der Waals surface area contributed by atoms with E-state index < -0.39 is 10.0 Å². The SMILES string of the molecule is O=C(NCCc1c[nH]c2ccccc12)c1cccc(S(=O)(=O)NCc2ccccc2)c1. The monoisotopic (exact) mass is 433 g/mol. The Kier molecular flexibility index (Phi) is 6.16. The van der Waals surface area contributed by atoms with Gasteiger partial charge in [0.15, 0.2) is 0 Å². The average molecular weight is 434 g/mol. The number of benzene rings is 3. The van der Waals surface area contributed by atoms with Crippen LogP contribution in [-0.4, -0.2) is 25.9 Å². The van der Waals surface area contributed by atoms with E-state index in [0.29, 0.717) is 18.5 Å². The van der Waals surface area contributed by atoms with Crippen molar-refractivity contribution in [2.45, 2.75) is 17.9 Å². The highest BCUT2D eigenvalue weighted by molar-refractivity contribution is 7.89. The summed E-state index contributed by atoms with van der Waals surface area (Å²) in [6.07, 6.45) is 2.62. The lowest BCUT2D eigenvalue weighted by Gasteiger charge is -2.09. The molecule has 1 heterocycles. The maximum Gasteiger partial charge on any atom is 0.251 e. The number of aromatic amines is 1. The van der Waals surface area contributed by atoms with Crippen LogP contribution in [0.1, 0.15) is 21.5 Å². The Bertz CT molecular complexity index is 1300. The Morgan fingerprint density at radius 2 is 1.68 bits per heavy atom. The summed E-state index contributed by atoms with van der Waals surface area (Å²) in [6.45, 7) is 0.633. The Balaban J connectivity index is 1.38. The van der Waals surface area contributed by atoms with Gasteiger partial charge in [-0.2, -0.15) is 0 Å². The van der Waals surface area contributed by atoms with Crippen molar-refractivity contribution >= 4 is 26.8 Å². The molecule has 0 fully saturated rings. The number of nitrogens with one attached hydrogen (secondary N) is 3. The molecule has 3 N–H and O–H groups in total. The topological polar surface area (TPSA) is 91.1 Å². The summed E-state index contributed by atoms with van der Waals surface area (Å²) >= 11 is 0. The lowest BCUT2D eigenvalue weighted by molar-refractivity contribution is 0.0954. The minimum absolute atomic E-state index is 0.0627. The third kappa shape index (κ3) is 5.02. The molecule has 4 aromatic rings. The summed E-state index contributed by atoms with van der Waals surface area (Å²) in [5.41, 5.74) is 3.35. The van der Waals surface area contributed by atoms with Crippen LogP contribution < -0.4 is 10.0 Å². The number of hydrogen-bond donors (Lipinski definition) is 3. The highest BCUT2D eigenvalue weighted by Gasteiger charge is 2.16. The molecule has 0 saturated heterocycles. The molecule has 0 saturated carbocycles. The molecule has 0 bridgehead atoms. The van der Waals surface area contributed by atoms with Crippen molar-refractivity contribution < 1.29 is 13.2 Å². The summed E-state index contributed by atoms with van der Waals surface area (Å²) in [5, 5.41) is 4.00. The largest absolute Gasteiger partial charge is 0.361 e. The predicted molar refractivity (Wildman–Crippen MR) is 121 cm³/mol. The molecule has 3 aromatic carbocycles. The minimum atomic E-state index is -3.73. The second-order valence-electron chi connectivity index (χ2n) is 7.20. The molecule has 7 heteroatoms. The predicted octanol–water partition coefficient (Wildman–Crippen LogP) is 3.62. The van der Waals surface area contributed by atoms with E-state index >= 15 is 0 Å². The number of para-hydroxylation sites is 1. The van der Waals surface area contributed by atoms with E-state index in [9.17, 15) is 13.2 Å². The Morgan fingerprint density at radius 3 is 2.52 bits per heavy atom. The van der Waals surface area contributed by atoms with E-state index in [1.165, 1.54) is 12.1 Å². The first-order valence-corrected chi connectivity index (χ1v) is 11.5. The summed E-state index contributed by atoms with van der Waals surface area (Å²) in [7, 11) is -3.73. The number of sulfonamides is 1. The summed E-state index contributed by atoms with van der Waals surface area (Å²) in [5.74, 6) is -0.306. The molecule has 0 radical (unpaired) electrons. The van der Waals surface area contributed by atoms with E-state index in [1.54, 1.807) is 12.1 Å². The number of carbonyl (C=O) groups excluding carboxylic acids is 1. The van der Waals surface area contributed by atoms with E-state index in [0.717, 1.165) is 22.0 Å². The zero-order valence-electron chi connectivity index (χ0n) is 16.8. The molecular weight excluding hydrogens is 410 g/mol. The zero-order chi connectivity index (χ0) is 21.7. The number of aromatic nitrogens is 1.